The third-order valence-corrected chi connectivity index (χ3v) is 8.07. The van der Waals surface area contributed by atoms with E-state index in [0.717, 1.165) is 69.8 Å². The fourth-order valence-electron chi connectivity index (χ4n) is 6.16. The maximum absolute atomic E-state index is 13.6. The molecule has 0 radical (unpaired) electrons. The van der Waals surface area contributed by atoms with Gasteiger partial charge in [-0.25, -0.2) is 0 Å². The molecule has 43 heavy (non-hydrogen) atoms. The van der Waals surface area contributed by atoms with Gasteiger partial charge in [0.2, 0.25) is 0 Å². The van der Waals surface area contributed by atoms with Crippen molar-refractivity contribution >= 4 is 12.2 Å². The van der Waals surface area contributed by atoms with Gasteiger partial charge in [-0.1, -0.05) is 71.8 Å². The standard InChI is InChI=1S/C34H24F6O2.Zr/c35-33(36,37)23-11-13-29(41)27(17-23)31-21(15-19-5-1-3-7-25(19)31)9-10-22-16-20-6-2-4-8-26(20)32(22)28-18-24(34(38,39)40)12-14-30(28)42;/h1-8,11-18,31-32,41-42H,9-10H2;. The summed E-state index contributed by atoms with van der Waals surface area (Å²) < 4.78 is 81.6. The molecule has 0 bridgehead atoms. The Morgan fingerprint density at radius 1 is 0.512 bits per heavy atom. The minimum atomic E-state index is -4.59. The van der Waals surface area contributed by atoms with Crippen molar-refractivity contribution in [1.29, 1.82) is 0 Å². The van der Waals surface area contributed by atoms with Crippen LogP contribution < -0.4 is 0 Å². The topological polar surface area (TPSA) is 40.5 Å². The number of benzene rings is 4. The van der Waals surface area contributed by atoms with E-state index in [1.54, 1.807) is 12.1 Å². The Hall–Kier alpha value is -3.58. The summed E-state index contributed by atoms with van der Waals surface area (Å²) in [5.41, 5.74) is 3.25. The SMILES string of the molecule is Oc1ccc(C(F)(F)F)cc1C1C(CCC2=Cc3ccccc3C2c2cc(C(F)(F)F)ccc2O)=Cc2ccccc21.[Zr]. The van der Waals surface area contributed by atoms with Crippen molar-refractivity contribution in [3.8, 4) is 11.5 Å². The Balaban J connectivity index is 0.00000368. The zero-order valence-corrected chi connectivity index (χ0v) is 24.9. The van der Waals surface area contributed by atoms with Gasteiger partial charge in [-0.15, -0.1) is 0 Å². The molecule has 4 aromatic carbocycles. The van der Waals surface area contributed by atoms with Crippen molar-refractivity contribution in [3.05, 3.63) is 141 Å². The molecule has 0 aliphatic heterocycles. The van der Waals surface area contributed by atoms with Crippen LogP contribution in [-0.2, 0) is 38.6 Å². The number of rotatable bonds is 5. The van der Waals surface area contributed by atoms with Gasteiger partial charge >= 0.3 is 12.4 Å². The average Bonchev–Trinajstić information content (AvgIpc) is 3.49. The average molecular weight is 670 g/mol. The fourth-order valence-corrected chi connectivity index (χ4v) is 6.16. The number of aromatic hydroxyl groups is 2. The van der Waals surface area contributed by atoms with Crippen LogP contribution in [-0.4, -0.2) is 10.2 Å². The second-order valence-electron chi connectivity index (χ2n) is 10.6. The molecule has 0 saturated carbocycles. The van der Waals surface area contributed by atoms with Crippen LogP contribution in [0.1, 0.15) is 69.2 Å². The van der Waals surface area contributed by atoms with Crippen molar-refractivity contribution in [2.75, 3.05) is 0 Å². The first kappa shape index (κ1) is 30.9. The third kappa shape index (κ3) is 5.84. The summed E-state index contributed by atoms with van der Waals surface area (Å²) in [6, 6.07) is 20.3. The van der Waals surface area contributed by atoms with Gasteiger partial charge in [0, 0.05) is 49.2 Å². The first-order valence-corrected chi connectivity index (χ1v) is 13.3. The molecule has 0 spiro atoms. The molecule has 0 aromatic heterocycles. The molecule has 2 atom stereocenters. The second-order valence-corrected chi connectivity index (χ2v) is 10.6. The summed E-state index contributed by atoms with van der Waals surface area (Å²) in [6.45, 7) is 0. The Morgan fingerprint density at radius 2 is 0.884 bits per heavy atom. The van der Waals surface area contributed by atoms with Crippen LogP contribution in [0.3, 0.4) is 0 Å². The van der Waals surface area contributed by atoms with E-state index in [0.29, 0.717) is 12.8 Å². The van der Waals surface area contributed by atoms with E-state index in [2.05, 4.69) is 0 Å². The largest absolute Gasteiger partial charge is 0.508 e. The molecule has 2 aliphatic rings. The van der Waals surface area contributed by atoms with Crippen LogP contribution in [0.5, 0.6) is 11.5 Å². The predicted molar refractivity (Wildman–Crippen MR) is 148 cm³/mol. The van der Waals surface area contributed by atoms with Gasteiger partial charge in [-0.05, 0) is 71.5 Å². The quantitative estimate of drug-likeness (QED) is 0.208. The van der Waals surface area contributed by atoms with E-state index in [4.69, 9.17) is 0 Å². The minimum absolute atomic E-state index is 0. The van der Waals surface area contributed by atoms with E-state index in [9.17, 15) is 36.6 Å². The zero-order valence-electron chi connectivity index (χ0n) is 22.5. The summed E-state index contributed by atoms with van der Waals surface area (Å²) in [7, 11) is 0. The Morgan fingerprint density at radius 3 is 1.26 bits per heavy atom. The summed E-state index contributed by atoms with van der Waals surface area (Å²) in [5.74, 6) is -1.77. The first-order chi connectivity index (χ1) is 19.9. The molecule has 9 heteroatoms. The molecule has 0 amide bonds. The molecule has 0 saturated heterocycles. The molecule has 0 fully saturated rings. The summed E-state index contributed by atoms with van der Waals surface area (Å²) in [5, 5.41) is 21.4. The smallest absolute Gasteiger partial charge is 0.416 e. The molecule has 218 valence electrons. The molecule has 4 aromatic rings. The molecule has 6 rings (SSSR count). The van der Waals surface area contributed by atoms with Crippen molar-refractivity contribution < 1.29 is 62.8 Å². The molecular formula is C34H24F6O2Zr. The van der Waals surface area contributed by atoms with Crippen LogP contribution in [0.2, 0.25) is 0 Å². The third-order valence-electron chi connectivity index (χ3n) is 8.07. The van der Waals surface area contributed by atoms with Gasteiger partial charge in [0.25, 0.3) is 0 Å². The number of hydrogen-bond donors (Lipinski definition) is 2. The van der Waals surface area contributed by atoms with Gasteiger partial charge in [-0.3, -0.25) is 0 Å². The molecule has 2 N–H and O–H groups in total. The summed E-state index contributed by atoms with van der Waals surface area (Å²) in [4.78, 5) is 0. The molecule has 2 unspecified atom stereocenters. The fraction of sp³-hybridized carbons (Fsp3) is 0.176. The van der Waals surface area contributed by atoms with Gasteiger partial charge in [-0.2, -0.15) is 26.3 Å². The Kier molecular flexibility index (Phi) is 8.25. The number of phenols is 2. The van der Waals surface area contributed by atoms with E-state index >= 15 is 0 Å². The molecule has 2 aliphatic carbocycles. The number of allylic oxidation sites excluding steroid dienone is 2. The van der Waals surface area contributed by atoms with Crippen LogP contribution in [0.4, 0.5) is 26.3 Å². The zero-order chi connectivity index (χ0) is 29.8. The number of alkyl halides is 6. The maximum Gasteiger partial charge on any atom is 0.416 e. The van der Waals surface area contributed by atoms with Crippen LogP contribution in [0.25, 0.3) is 12.2 Å². The van der Waals surface area contributed by atoms with Crippen LogP contribution >= 0.6 is 0 Å². The summed E-state index contributed by atoms with van der Waals surface area (Å²) >= 11 is 0. The van der Waals surface area contributed by atoms with Gasteiger partial charge in [0.1, 0.15) is 11.5 Å². The molecular weight excluding hydrogens is 646 g/mol. The van der Waals surface area contributed by atoms with Crippen LogP contribution in [0.15, 0.2) is 96.1 Å². The van der Waals surface area contributed by atoms with E-state index in [1.807, 2.05) is 48.6 Å². The first-order valence-electron chi connectivity index (χ1n) is 13.3. The van der Waals surface area contributed by atoms with Gasteiger partial charge < -0.3 is 10.2 Å². The second kappa shape index (κ2) is 11.5. The van der Waals surface area contributed by atoms with Crippen molar-refractivity contribution in [2.24, 2.45) is 0 Å². The Labute approximate surface area is 263 Å². The number of hydrogen-bond acceptors (Lipinski definition) is 2. The normalized spacial score (nSPS) is 17.5. The number of phenolic OH excluding ortho intramolecular Hbond substituents is 2. The van der Waals surface area contributed by atoms with E-state index < -0.39 is 35.3 Å². The molecule has 0 heterocycles. The van der Waals surface area contributed by atoms with Crippen molar-refractivity contribution in [1.82, 2.24) is 0 Å². The number of fused-ring (bicyclic) bond motifs is 2. The van der Waals surface area contributed by atoms with E-state index in [1.165, 1.54) is 0 Å². The van der Waals surface area contributed by atoms with E-state index in [-0.39, 0.29) is 48.8 Å². The Bertz CT molecular complexity index is 1620. The monoisotopic (exact) mass is 668 g/mol. The summed E-state index contributed by atoms with van der Waals surface area (Å²) in [6.07, 6.45) is -4.65. The van der Waals surface area contributed by atoms with Crippen molar-refractivity contribution in [3.63, 3.8) is 0 Å². The number of halogens is 6. The predicted octanol–water partition coefficient (Wildman–Crippen LogP) is 9.67. The van der Waals surface area contributed by atoms with Gasteiger partial charge in [0.15, 0.2) is 0 Å². The van der Waals surface area contributed by atoms with Crippen molar-refractivity contribution in [2.45, 2.75) is 37.0 Å². The maximum atomic E-state index is 13.6. The van der Waals surface area contributed by atoms with Crippen LogP contribution in [0, 0.1) is 0 Å². The van der Waals surface area contributed by atoms with Gasteiger partial charge in [0.05, 0.1) is 11.1 Å². The minimum Gasteiger partial charge on any atom is -0.508 e. The molecule has 2 nitrogen and oxygen atoms in total.